The van der Waals surface area contributed by atoms with E-state index in [9.17, 15) is 4.79 Å². The SMILES string of the molecule is COc1ccc(OCn2ccc(C(=O)Nc3cnn(Cc4cccc5ccccc45)c3)n2)cc1. The summed E-state index contributed by atoms with van der Waals surface area (Å²) >= 11 is 0. The van der Waals surface area contributed by atoms with Crippen molar-refractivity contribution < 1.29 is 14.3 Å². The molecule has 1 N–H and O–H groups in total. The summed E-state index contributed by atoms with van der Waals surface area (Å²) in [6.07, 6.45) is 5.14. The molecule has 3 aromatic carbocycles. The van der Waals surface area contributed by atoms with Gasteiger partial charge in [-0.25, -0.2) is 4.68 Å². The number of nitrogens with zero attached hydrogens (tertiary/aromatic N) is 4. The molecule has 0 saturated heterocycles. The molecule has 5 rings (SSSR count). The average Bonchev–Trinajstić information content (AvgIpc) is 3.53. The normalized spacial score (nSPS) is 10.9. The second kappa shape index (κ2) is 9.50. The van der Waals surface area contributed by atoms with Crippen molar-refractivity contribution in [2.24, 2.45) is 0 Å². The Morgan fingerprint density at radius 1 is 0.941 bits per heavy atom. The zero-order valence-electron chi connectivity index (χ0n) is 18.6. The number of benzene rings is 3. The Balaban J connectivity index is 1.19. The molecular formula is C26H23N5O3. The Morgan fingerprint density at radius 2 is 1.74 bits per heavy atom. The van der Waals surface area contributed by atoms with Gasteiger partial charge in [0.25, 0.3) is 5.91 Å². The lowest BCUT2D eigenvalue weighted by Crippen LogP contribution is -2.14. The monoisotopic (exact) mass is 453 g/mol. The van der Waals surface area contributed by atoms with Gasteiger partial charge in [-0.2, -0.15) is 10.2 Å². The van der Waals surface area contributed by atoms with Crippen LogP contribution in [0.15, 0.2) is 91.4 Å². The Kier molecular flexibility index (Phi) is 5.94. The Labute approximate surface area is 196 Å². The molecule has 0 spiro atoms. The van der Waals surface area contributed by atoms with Crippen molar-refractivity contribution in [1.82, 2.24) is 19.6 Å². The maximum Gasteiger partial charge on any atom is 0.276 e. The van der Waals surface area contributed by atoms with Crippen LogP contribution in [0.5, 0.6) is 11.5 Å². The number of methoxy groups -OCH3 is 1. The number of fused-ring (bicyclic) bond motifs is 1. The van der Waals surface area contributed by atoms with E-state index in [4.69, 9.17) is 9.47 Å². The quantitative estimate of drug-likeness (QED) is 0.372. The van der Waals surface area contributed by atoms with Crippen molar-refractivity contribution in [3.63, 3.8) is 0 Å². The molecular weight excluding hydrogens is 430 g/mol. The van der Waals surface area contributed by atoms with Crippen LogP contribution in [0.1, 0.15) is 16.1 Å². The third kappa shape index (κ3) is 4.75. The predicted molar refractivity (Wildman–Crippen MR) is 129 cm³/mol. The number of nitrogens with one attached hydrogen (secondary N) is 1. The second-order valence-corrected chi connectivity index (χ2v) is 7.71. The maximum absolute atomic E-state index is 12.6. The van der Waals surface area contributed by atoms with Crippen molar-refractivity contribution in [3.05, 3.63) is 103 Å². The molecule has 2 heterocycles. The predicted octanol–water partition coefficient (Wildman–Crippen LogP) is 4.58. The highest BCUT2D eigenvalue weighted by Crippen LogP contribution is 2.20. The molecule has 0 bridgehead atoms. The van der Waals surface area contributed by atoms with Crippen LogP contribution in [-0.4, -0.2) is 32.6 Å². The van der Waals surface area contributed by atoms with Gasteiger partial charge in [0.05, 0.1) is 25.5 Å². The van der Waals surface area contributed by atoms with Crippen molar-refractivity contribution in [3.8, 4) is 11.5 Å². The Bertz CT molecular complexity index is 1420. The smallest absolute Gasteiger partial charge is 0.276 e. The Hall–Kier alpha value is -4.59. The number of carbonyl (C=O) groups is 1. The molecule has 8 nitrogen and oxygen atoms in total. The number of rotatable bonds is 8. The molecule has 0 aliphatic carbocycles. The van der Waals surface area contributed by atoms with Crippen LogP contribution in [-0.2, 0) is 13.3 Å². The molecule has 0 atom stereocenters. The molecule has 8 heteroatoms. The van der Waals surface area contributed by atoms with Gasteiger partial charge in [-0.1, -0.05) is 42.5 Å². The molecule has 0 aliphatic rings. The number of anilines is 1. The minimum atomic E-state index is -0.312. The average molecular weight is 454 g/mol. The van der Waals surface area contributed by atoms with Crippen molar-refractivity contribution >= 4 is 22.4 Å². The number of amides is 1. The molecule has 170 valence electrons. The lowest BCUT2D eigenvalue weighted by atomic mass is 10.0. The summed E-state index contributed by atoms with van der Waals surface area (Å²) in [6.45, 7) is 0.789. The fourth-order valence-corrected chi connectivity index (χ4v) is 3.68. The van der Waals surface area contributed by atoms with Crippen molar-refractivity contribution in [1.29, 1.82) is 0 Å². The van der Waals surface area contributed by atoms with E-state index >= 15 is 0 Å². The van der Waals surface area contributed by atoms with E-state index in [0.29, 0.717) is 23.7 Å². The van der Waals surface area contributed by atoms with Crippen LogP contribution in [0.2, 0.25) is 0 Å². The van der Waals surface area contributed by atoms with Crippen LogP contribution < -0.4 is 14.8 Å². The van der Waals surface area contributed by atoms with Gasteiger partial charge in [0.1, 0.15) is 11.5 Å². The van der Waals surface area contributed by atoms with Crippen molar-refractivity contribution in [2.45, 2.75) is 13.3 Å². The van der Waals surface area contributed by atoms with Gasteiger partial charge in [-0.3, -0.25) is 9.48 Å². The first-order chi connectivity index (χ1) is 16.7. The van der Waals surface area contributed by atoms with E-state index in [1.807, 2.05) is 48.7 Å². The van der Waals surface area contributed by atoms with Crippen LogP contribution in [0.4, 0.5) is 5.69 Å². The highest BCUT2D eigenvalue weighted by molar-refractivity contribution is 6.02. The summed E-state index contributed by atoms with van der Waals surface area (Å²) in [6, 6.07) is 23.4. The fourth-order valence-electron chi connectivity index (χ4n) is 3.68. The number of aromatic nitrogens is 4. The first-order valence-electron chi connectivity index (χ1n) is 10.8. The summed E-state index contributed by atoms with van der Waals surface area (Å²) in [5, 5.41) is 13.9. The van der Waals surface area contributed by atoms with Gasteiger partial charge >= 0.3 is 0 Å². The van der Waals surface area contributed by atoms with E-state index in [1.165, 1.54) is 10.8 Å². The molecule has 0 radical (unpaired) electrons. The molecule has 34 heavy (non-hydrogen) atoms. The highest BCUT2D eigenvalue weighted by Gasteiger charge is 2.12. The van der Waals surface area contributed by atoms with Crippen LogP contribution in [0.3, 0.4) is 0 Å². The first-order valence-corrected chi connectivity index (χ1v) is 10.8. The van der Waals surface area contributed by atoms with E-state index < -0.39 is 0 Å². The van der Waals surface area contributed by atoms with E-state index in [2.05, 4.69) is 39.8 Å². The summed E-state index contributed by atoms with van der Waals surface area (Å²) in [5.41, 5.74) is 2.06. The van der Waals surface area contributed by atoms with Crippen LogP contribution in [0, 0.1) is 0 Å². The minimum absolute atomic E-state index is 0.183. The van der Waals surface area contributed by atoms with Crippen LogP contribution in [0.25, 0.3) is 10.8 Å². The summed E-state index contributed by atoms with van der Waals surface area (Å²) in [5.74, 6) is 1.12. The maximum atomic E-state index is 12.6. The topological polar surface area (TPSA) is 83.2 Å². The molecule has 0 unspecified atom stereocenters. The highest BCUT2D eigenvalue weighted by atomic mass is 16.5. The molecule has 2 aromatic heterocycles. The number of hydrogen-bond donors (Lipinski definition) is 1. The fraction of sp³-hybridized carbons (Fsp3) is 0.115. The van der Waals surface area contributed by atoms with E-state index in [1.54, 1.807) is 34.9 Å². The summed E-state index contributed by atoms with van der Waals surface area (Å²) in [7, 11) is 1.61. The lowest BCUT2D eigenvalue weighted by Gasteiger charge is -2.07. The van der Waals surface area contributed by atoms with Crippen LogP contribution >= 0.6 is 0 Å². The Morgan fingerprint density at radius 3 is 2.59 bits per heavy atom. The molecule has 5 aromatic rings. The second-order valence-electron chi connectivity index (χ2n) is 7.71. The largest absolute Gasteiger partial charge is 0.497 e. The third-order valence-electron chi connectivity index (χ3n) is 5.40. The van der Waals surface area contributed by atoms with Gasteiger partial charge in [0, 0.05) is 12.4 Å². The third-order valence-corrected chi connectivity index (χ3v) is 5.40. The zero-order chi connectivity index (χ0) is 23.3. The van der Waals surface area contributed by atoms with Gasteiger partial charge in [-0.15, -0.1) is 0 Å². The lowest BCUT2D eigenvalue weighted by molar-refractivity contribution is 0.102. The van der Waals surface area contributed by atoms with Gasteiger partial charge < -0.3 is 14.8 Å². The summed E-state index contributed by atoms with van der Waals surface area (Å²) in [4.78, 5) is 12.6. The molecule has 0 saturated carbocycles. The van der Waals surface area contributed by atoms with E-state index in [0.717, 1.165) is 11.3 Å². The standard InChI is InChI=1S/C26H23N5O3/c1-33-22-9-11-23(12-10-22)34-18-30-14-13-25(29-30)26(32)28-21-15-27-31(17-21)16-20-7-4-6-19-5-2-3-8-24(19)20/h2-15,17H,16,18H2,1H3,(H,28,32). The zero-order valence-corrected chi connectivity index (χ0v) is 18.6. The number of ether oxygens (including phenoxy) is 2. The molecule has 1 amide bonds. The van der Waals surface area contributed by atoms with Crippen molar-refractivity contribution in [2.75, 3.05) is 12.4 Å². The molecule has 0 fully saturated rings. The number of carbonyl (C=O) groups excluding carboxylic acids is 1. The van der Waals surface area contributed by atoms with Gasteiger partial charge in [0.2, 0.25) is 0 Å². The van der Waals surface area contributed by atoms with E-state index in [-0.39, 0.29) is 12.6 Å². The van der Waals surface area contributed by atoms with Gasteiger partial charge in [-0.05, 0) is 46.7 Å². The summed E-state index contributed by atoms with van der Waals surface area (Å²) < 4.78 is 14.2. The number of hydrogen-bond acceptors (Lipinski definition) is 5. The molecule has 0 aliphatic heterocycles. The first kappa shape index (κ1) is 21.3. The minimum Gasteiger partial charge on any atom is -0.497 e. The van der Waals surface area contributed by atoms with Gasteiger partial charge in [0.15, 0.2) is 12.4 Å².